The van der Waals surface area contributed by atoms with Gasteiger partial charge in [0.2, 0.25) is 5.91 Å². The average molecular weight is 437 g/mol. The zero-order chi connectivity index (χ0) is 22.4. The SMILES string of the molecule is CCOc1ccc(C(=O)N2CCC(NC(=O)C3(c4ccccc4)CCOCC3)CC2)cc1. The van der Waals surface area contributed by atoms with Gasteiger partial charge in [-0.15, -0.1) is 0 Å². The van der Waals surface area contributed by atoms with Crippen molar-refractivity contribution < 1.29 is 19.1 Å². The van der Waals surface area contributed by atoms with Crippen LogP contribution in [0.25, 0.3) is 0 Å². The topological polar surface area (TPSA) is 67.9 Å². The van der Waals surface area contributed by atoms with Crippen molar-refractivity contribution in [1.29, 1.82) is 0 Å². The molecule has 170 valence electrons. The standard InChI is InChI=1S/C26H32N2O4/c1-2-32-23-10-8-20(9-11-23)24(29)28-16-12-22(13-17-28)27-25(30)26(14-18-31-19-15-26)21-6-4-3-5-7-21/h3-11,22H,2,12-19H2,1H3,(H,27,30). The number of carbonyl (C=O) groups is 2. The van der Waals surface area contributed by atoms with E-state index < -0.39 is 5.41 Å². The highest BCUT2D eigenvalue weighted by atomic mass is 16.5. The normalized spacial score (nSPS) is 18.7. The Balaban J connectivity index is 1.35. The van der Waals surface area contributed by atoms with Crippen LogP contribution in [0.5, 0.6) is 5.75 Å². The number of rotatable bonds is 6. The van der Waals surface area contributed by atoms with Gasteiger partial charge < -0.3 is 19.7 Å². The van der Waals surface area contributed by atoms with Gasteiger partial charge in [-0.25, -0.2) is 0 Å². The van der Waals surface area contributed by atoms with Crippen LogP contribution in [0.3, 0.4) is 0 Å². The molecule has 2 aromatic carbocycles. The van der Waals surface area contributed by atoms with Crippen LogP contribution in [0.2, 0.25) is 0 Å². The first-order valence-corrected chi connectivity index (χ1v) is 11.6. The number of carbonyl (C=O) groups excluding carboxylic acids is 2. The molecule has 0 bridgehead atoms. The third kappa shape index (κ3) is 4.80. The molecule has 2 saturated heterocycles. The molecule has 4 rings (SSSR count). The van der Waals surface area contributed by atoms with Crippen LogP contribution < -0.4 is 10.1 Å². The molecule has 32 heavy (non-hydrogen) atoms. The number of benzene rings is 2. The zero-order valence-corrected chi connectivity index (χ0v) is 18.7. The van der Waals surface area contributed by atoms with Gasteiger partial charge in [0.15, 0.2) is 0 Å². The minimum absolute atomic E-state index is 0.0306. The first kappa shape index (κ1) is 22.3. The number of ether oxygens (including phenoxy) is 2. The van der Waals surface area contributed by atoms with Gasteiger partial charge in [-0.1, -0.05) is 30.3 Å². The summed E-state index contributed by atoms with van der Waals surface area (Å²) in [6, 6.07) is 17.4. The molecule has 6 nitrogen and oxygen atoms in total. The second-order valence-corrected chi connectivity index (χ2v) is 8.56. The zero-order valence-electron chi connectivity index (χ0n) is 18.7. The first-order chi connectivity index (χ1) is 15.6. The molecule has 1 N–H and O–H groups in total. The fourth-order valence-corrected chi connectivity index (χ4v) is 4.72. The van der Waals surface area contributed by atoms with Crippen LogP contribution in [0.15, 0.2) is 54.6 Å². The maximum Gasteiger partial charge on any atom is 0.253 e. The monoisotopic (exact) mass is 436 g/mol. The van der Waals surface area contributed by atoms with Gasteiger partial charge in [-0.2, -0.15) is 0 Å². The van der Waals surface area contributed by atoms with E-state index in [4.69, 9.17) is 9.47 Å². The molecule has 0 spiro atoms. The van der Waals surface area contributed by atoms with E-state index in [0.29, 0.717) is 51.3 Å². The lowest BCUT2D eigenvalue weighted by molar-refractivity contribution is -0.131. The van der Waals surface area contributed by atoms with E-state index in [1.54, 1.807) is 0 Å². The maximum atomic E-state index is 13.5. The summed E-state index contributed by atoms with van der Waals surface area (Å²) in [7, 11) is 0. The molecule has 2 heterocycles. The summed E-state index contributed by atoms with van der Waals surface area (Å²) in [6.45, 7) is 5.00. The molecule has 2 aliphatic heterocycles. The van der Waals surface area contributed by atoms with Gasteiger partial charge >= 0.3 is 0 Å². The Morgan fingerprint density at radius 2 is 1.69 bits per heavy atom. The minimum Gasteiger partial charge on any atom is -0.494 e. The Labute approximate surface area is 189 Å². The van der Waals surface area contributed by atoms with E-state index in [2.05, 4.69) is 5.32 Å². The maximum absolute atomic E-state index is 13.5. The number of nitrogens with one attached hydrogen (secondary N) is 1. The lowest BCUT2D eigenvalue weighted by Gasteiger charge is -2.39. The number of hydrogen-bond donors (Lipinski definition) is 1. The number of amides is 2. The van der Waals surface area contributed by atoms with Crippen molar-refractivity contribution in [3.63, 3.8) is 0 Å². The van der Waals surface area contributed by atoms with Crippen molar-refractivity contribution in [2.75, 3.05) is 32.9 Å². The van der Waals surface area contributed by atoms with E-state index in [0.717, 1.165) is 24.2 Å². The van der Waals surface area contributed by atoms with Crippen molar-refractivity contribution in [3.05, 3.63) is 65.7 Å². The minimum atomic E-state index is -0.533. The Morgan fingerprint density at radius 1 is 1.03 bits per heavy atom. The molecule has 0 unspecified atom stereocenters. The highest BCUT2D eigenvalue weighted by Crippen LogP contribution is 2.35. The summed E-state index contributed by atoms with van der Waals surface area (Å²) in [5.74, 6) is 0.886. The number of likely N-dealkylation sites (tertiary alicyclic amines) is 1. The predicted molar refractivity (Wildman–Crippen MR) is 123 cm³/mol. The van der Waals surface area contributed by atoms with Crippen molar-refractivity contribution in [2.24, 2.45) is 0 Å². The Kier molecular flexibility index (Phi) is 7.10. The molecular weight excluding hydrogens is 404 g/mol. The van der Waals surface area contributed by atoms with Gasteiger partial charge in [0.25, 0.3) is 5.91 Å². The summed E-state index contributed by atoms with van der Waals surface area (Å²) < 4.78 is 11.0. The molecule has 0 aromatic heterocycles. The summed E-state index contributed by atoms with van der Waals surface area (Å²) in [5.41, 5.74) is 1.19. The predicted octanol–water partition coefficient (Wildman–Crippen LogP) is 3.55. The van der Waals surface area contributed by atoms with Crippen molar-refractivity contribution >= 4 is 11.8 Å². The fourth-order valence-electron chi connectivity index (χ4n) is 4.72. The number of piperidine rings is 1. The second kappa shape index (κ2) is 10.2. The smallest absolute Gasteiger partial charge is 0.253 e. The van der Waals surface area contributed by atoms with Crippen molar-refractivity contribution in [1.82, 2.24) is 10.2 Å². The molecule has 0 aliphatic carbocycles. The van der Waals surface area contributed by atoms with Crippen LogP contribution in [-0.4, -0.2) is 55.7 Å². The molecule has 0 radical (unpaired) electrons. The van der Waals surface area contributed by atoms with E-state index in [-0.39, 0.29) is 17.9 Å². The van der Waals surface area contributed by atoms with Gasteiger partial charge in [-0.05, 0) is 62.4 Å². The lowest BCUT2D eigenvalue weighted by Crippen LogP contribution is -2.53. The average Bonchev–Trinajstić information content (AvgIpc) is 2.86. The number of nitrogens with zero attached hydrogens (tertiary/aromatic N) is 1. The van der Waals surface area contributed by atoms with Crippen LogP contribution in [0.1, 0.15) is 48.5 Å². The third-order valence-corrected chi connectivity index (χ3v) is 6.64. The Morgan fingerprint density at radius 3 is 2.31 bits per heavy atom. The first-order valence-electron chi connectivity index (χ1n) is 11.6. The lowest BCUT2D eigenvalue weighted by atomic mass is 9.73. The molecular formula is C26H32N2O4. The summed E-state index contributed by atoms with van der Waals surface area (Å²) in [5, 5.41) is 3.30. The van der Waals surface area contributed by atoms with Crippen LogP contribution in [0, 0.1) is 0 Å². The molecule has 0 atom stereocenters. The van der Waals surface area contributed by atoms with Gasteiger partial charge in [0, 0.05) is 37.9 Å². The van der Waals surface area contributed by atoms with Crippen LogP contribution in [-0.2, 0) is 14.9 Å². The van der Waals surface area contributed by atoms with Gasteiger partial charge in [0.05, 0.1) is 12.0 Å². The number of hydrogen-bond acceptors (Lipinski definition) is 4. The third-order valence-electron chi connectivity index (χ3n) is 6.64. The molecule has 2 amide bonds. The van der Waals surface area contributed by atoms with Crippen LogP contribution >= 0.6 is 0 Å². The van der Waals surface area contributed by atoms with Crippen molar-refractivity contribution in [2.45, 2.75) is 44.1 Å². The van der Waals surface area contributed by atoms with Crippen molar-refractivity contribution in [3.8, 4) is 5.75 Å². The Bertz CT molecular complexity index is 899. The molecule has 6 heteroatoms. The van der Waals surface area contributed by atoms with E-state index >= 15 is 0 Å². The second-order valence-electron chi connectivity index (χ2n) is 8.56. The molecule has 2 aliphatic rings. The molecule has 2 fully saturated rings. The summed E-state index contributed by atoms with van der Waals surface area (Å²) in [4.78, 5) is 28.2. The largest absolute Gasteiger partial charge is 0.494 e. The summed E-state index contributed by atoms with van der Waals surface area (Å²) in [6.07, 6.45) is 2.90. The van der Waals surface area contributed by atoms with Gasteiger partial charge in [0.1, 0.15) is 5.75 Å². The van der Waals surface area contributed by atoms with Gasteiger partial charge in [-0.3, -0.25) is 9.59 Å². The Hall–Kier alpha value is -2.86. The summed E-state index contributed by atoms with van der Waals surface area (Å²) >= 11 is 0. The highest BCUT2D eigenvalue weighted by molar-refractivity contribution is 5.94. The van der Waals surface area contributed by atoms with E-state index in [1.165, 1.54) is 0 Å². The van der Waals surface area contributed by atoms with Crippen LogP contribution in [0.4, 0.5) is 0 Å². The quantitative estimate of drug-likeness (QED) is 0.752. The molecule has 2 aromatic rings. The van der Waals surface area contributed by atoms with E-state index in [9.17, 15) is 9.59 Å². The van der Waals surface area contributed by atoms with E-state index in [1.807, 2.05) is 66.4 Å². The fraction of sp³-hybridized carbons (Fsp3) is 0.462. The highest BCUT2D eigenvalue weighted by Gasteiger charge is 2.42. The molecule has 0 saturated carbocycles.